The van der Waals surface area contributed by atoms with Crippen molar-refractivity contribution in [2.75, 3.05) is 57.6 Å². The molecule has 1 saturated heterocycles. The minimum Gasteiger partial charge on any atom is -0.501 e. The van der Waals surface area contributed by atoms with E-state index in [1.807, 2.05) is 49.4 Å². The fourth-order valence-electron chi connectivity index (χ4n) is 4.02. The minimum absolute atomic E-state index is 0.00214. The predicted molar refractivity (Wildman–Crippen MR) is 150 cm³/mol. The van der Waals surface area contributed by atoms with Crippen LogP contribution in [0.1, 0.15) is 18.9 Å². The summed E-state index contributed by atoms with van der Waals surface area (Å²) in [5.74, 6) is 1.43. The molecule has 11 nitrogen and oxygen atoms in total. The number of amides is 1. The van der Waals surface area contributed by atoms with E-state index in [1.165, 1.54) is 6.33 Å². The Morgan fingerprint density at radius 3 is 2.68 bits per heavy atom. The quantitative estimate of drug-likeness (QED) is 0.173. The van der Waals surface area contributed by atoms with Gasteiger partial charge in [-0.1, -0.05) is 24.3 Å². The third kappa shape index (κ3) is 7.46. The highest BCUT2D eigenvalue weighted by molar-refractivity contribution is 5.93. The number of fused-ring (bicyclic) bond motifs is 1. The van der Waals surface area contributed by atoms with Gasteiger partial charge in [0.25, 0.3) is 0 Å². The molecular formula is C27H35N9O2. The molecule has 200 valence electrons. The van der Waals surface area contributed by atoms with Crippen LogP contribution in [0.2, 0.25) is 0 Å². The minimum atomic E-state index is -0.00214. The van der Waals surface area contributed by atoms with Gasteiger partial charge in [-0.05, 0) is 37.7 Å². The Morgan fingerprint density at radius 1 is 1.16 bits per heavy atom. The molecule has 1 amide bonds. The van der Waals surface area contributed by atoms with Gasteiger partial charge in [0.15, 0.2) is 11.5 Å². The van der Waals surface area contributed by atoms with Gasteiger partial charge in [-0.3, -0.25) is 15.1 Å². The zero-order valence-electron chi connectivity index (χ0n) is 22.2. The molecule has 4 rings (SSSR count). The molecule has 0 spiro atoms. The molecule has 0 atom stereocenters. The summed E-state index contributed by atoms with van der Waals surface area (Å²) >= 11 is 0. The lowest BCUT2D eigenvalue weighted by Crippen LogP contribution is -2.47. The van der Waals surface area contributed by atoms with E-state index in [2.05, 4.69) is 47.8 Å². The fraction of sp³-hybridized carbons (Fsp3) is 0.370. The molecule has 2 aromatic heterocycles. The maximum atomic E-state index is 12.4. The molecule has 0 unspecified atom stereocenters. The van der Waals surface area contributed by atoms with Gasteiger partial charge in [-0.15, -0.1) is 0 Å². The average Bonchev–Trinajstić information content (AvgIpc) is 3.35. The zero-order chi connectivity index (χ0) is 26.7. The lowest BCUT2D eigenvalue weighted by molar-refractivity contribution is -0.117. The molecule has 3 aromatic rings. The number of aromatic nitrogens is 4. The standard InChI is InChI=1S/C27H35N9O2/c1-4-5-6-23(38-3)11-12-36-27-24(18-31-36)26(28-20-29-27)33-30-17-21-7-9-22(10-8-21)32-25(37)19-35-15-13-34(2)14-16-35/h4-5,7-11,17-18,20H,6,12-16,19H2,1-3H3,(H,32,37)(H,28,29,33)/b5-4-,23-11+,30-17+. The van der Waals surface area contributed by atoms with Crippen molar-refractivity contribution in [3.05, 3.63) is 66.3 Å². The number of methoxy groups -OCH3 is 1. The maximum absolute atomic E-state index is 12.4. The molecule has 1 aliphatic rings. The first-order valence-corrected chi connectivity index (χ1v) is 12.7. The van der Waals surface area contributed by atoms with Gasteiger partial charge in [0.1, 0.15) is 6.33 Å². The van der Waals surface area contributed by atoms with Crippen LogP contribution in [-0.4, -0.2) is 88.6 Å². The number of hydrazone groups is 1. The largest absolute Gasteiger partial charge is 0.501 e. The van der Waals surface area contributed by atoms with E-state index in [0.717, 1.165) is 55.0 Å². The van der Waals surface area contributed by atoms with Gasteiger partial charge < -0.3 is 15.0 Å². The summed E-state index contributed by atoms with van der Waals surface area (Å²) in [6.07, 6.45) is 11.6. The number of hydrogen-bond donors (Lipinski definition) is 2. The molecular weight excluding hydrogens is 482 g/mol. The molecule has 2 N–H and O–H groups in total. The van der Waals surface area contributed by atoms with Crippen molar-refractivity contribution in [1.29, 1.82) is 0 Å². The zero-order valence-corrected chi connectivity index (χ0v) is 22.2. The number of piperazine rings is 1. The Hall–Kier alpha value is -4.09. The highest BCUT2D eigenvalue weighted by Crippen LogP contribution is 2.19. The molecule has 0 bridgehead atoms. The molecule has 11 heteroatoms. The van der Waals surface area contributed by atoms with Crippen LogP contribution >= 0.6 is 0 Å². The third-order valence-electron chi connectivity index (χ3n) is 6.28. The number of ether oxygens (including phenoxy) is 1. The number of benzene rings is 1. The smallest absolute Gasteiger partial charge is 0.238 e. The second-order valence-corrected chi connectivity index (χ2v) is 9.05. The van der Waals surface area contributed by atoms with Crippen LogP contribution in [0.4, 0.5) is 11.5 Å². The second-order valence-electron chi connectivity index (χ2n) is 9.05. The first kappa shape index (κ1) is 27.0. The first-order chi connectivity index (χ1) is 18.6. The summed E-state index contributed by atoms with van der Waals surface area (Å²) in [4.78, 5) is 25.5. The number of hydrogen-bond acceptors (Lipinski definition) is 9. The normalized spacial score (nSPS) is 15.5. The number of allylic oxidation sites excluding steroid dienone is 3. The SMILES string of the molecule is C/C=C\C/C(=C\Cn1ncc2c(N/N=C/c3ccc(NC(=O)CN4CCN(C)CC4)cc3)ncnc21)OC. The van der Waals surface area contributed by atoms with Crippen LogP contribution < -0.4 is 10.7 Å². The van der Waals surface area contributed by atoms with Gasteiger partial charge in [0, 0.05) is 38.3 Å². The van der Waals surface area contributed by atoms with Gasteiger partial charge >= 0.3 is 0 Å². The molecule has 3 heterocycles. The van der Waals surface area contributed by atoms with Crippen LogP contribution in [0.15, 0.2) is 65.9 Å². The monoisotopic (exact) mass is 517 g/mol. The van der Waals surface area contributed by atoms with Gasteiger partial charge in [0.2, 0.25) is 5.91 Å². The molecule has 1 aliphatic heterocycles. The summed E-state index contributed by atoms with van der Waals surface area (Å²) in [5.41, 5.74) is 5.33. The Bertz CT molecular complexity index is 1290. The van der Waals surface area contributed by atoms with Crippen molar-refractivity contribution < 1.29 is 9.53 Å². The molecule has 1 fully saturated rings. The second kappa shape index (κ2) is 13.5. The Kier molecular flexibility index (Phi) is 9.54. The molecule has 0 saturated carbocycles. The first-order valence-electron chi connectivity index (χ1n) is 12.7. The van der Waals surface area contributed by atoms with Crippen molar-refractivity contribution >= 4 is 34.7 Å². The summed E-state index contributed by atoms with van der Waals surface area (Å²) in [7, 11) is 3.77. The third-order valence-corrected chi connectivity index (χ3v) is 6.28. The van der Waals surface area contributed by atoms with E-state index >= 15 is 0 Å². The van der Waals surface area contributed by atoms with Crippen molar-refractivity contribution in [2.24, 2.45) is 5.10 Å². The van der Waals surface area contributed by atoms with Gasteiger partial charge in [-0.25, -0.2) is 14.6 Å². The van der Waals surface area contributed by atoms with Crippen molar-refractivity contribution in [1.82, 2.24) is 29.5 Å². The summed E-state index contributed by atoms with van der Waals surface area (Å²) in [5, 5.41) is 12.5. The van der Waals surface area contributed by atoms with E-state index in [9.17, 15) is 4.79 Å². The summed E-state index contributed by atoms with van der Waals surface area (Å²) in [6.45, 7) is 6.72. The van der Waals surface area contributed by atoms with Crippen LogP contribution in [0.3, 0.4) is 0 Å². The van der Waals surface area contributed by atoms with Gasteiger partial charge in [0.05, 0.1) is 43.8 Å². The topological polar surface area (TPSA) is 113 Å². The number of nitrogens with zero attached hydrogens (tertiary/aromatic N) is 7. The summed E-state index contributed by atoms with van der Waals surface area (Å²) in [6, 6.07) is 7.54. The van der Waals surface area contributed by atoms with E-state index in [1.54, 1.807) is 24.2 Å². The Balaban J connectivity index is 1.32. The molecule has 0 aliphatic carbocycles. The number of likely N-dealkylation sites (N-methyl/N-ethyl adjacent to an activating group) is 1. The number of carbonyl (C=O) groups excluding carboxylic acids is 1. The highest BCUT2D eigenvalue weighted by Gasteiger charge is 2.16. The highest BCUT2D eigenvalue weighted by atomic mass is 16.5. The van der Waals surface area contributed by atoms with Crippen LogP contribution in [0.5, 0.6) is 0 Å². The predicted octanol–water partition coefficient (Wildman–Crippen LogP) is 2.95. The van der Waals surface area contributed by atoms with E-state index in [0.29, 0.717) is 24.6 Å². The Labute approximate surface area is 222 Å². The van der Waals surface area contributed by atoms with Crippen molar-refractivity contribution in [3.8, 4) is 0 Å². The van der Waals surface area contributed by atoms with E-state index in [-0.39, 0.29) is 5.91 Å². The van der Waals surface area contributed by atoms with Crippen molar-refractivity contribution in [2.45, 2.75) is 19.9 Å². The average molecular weight is 518 g/mol. The Morgan fingerprint density at radius 2 is 1.95 bits per heavy atom. The molecule has 38 heavy (non-hydrogen) atoms. The van der Waals surface area contributed by atoms with E-state index in [4.69, 9.17) is 4.74 Å². The molecule has 0 radical (unpaired) electrons. The lowest BCUT2D eigenvalue weighted by Gasteiger charge is -2.31. The maximum Gasteiger partial charge on any atom is 0.238 e. The van der Waals surface area contributed by atoms with Crippen LogP contribution in [0, 0.1) is 0 Å². The number of carbonyl (C=O) groups is 1. The van der Waals surface area contributed by atoms with E-state index < -0.39 is 0 Å². The summed E-state index contributed by atoms with van der Waals surface area (Å²) < 4.78 is 7.21. The van der Waals surface area contributed by atoms with Gasteiger partial charge in [-0.2, -0.15) is 10.2 Å². The van der Waals surface area contributed by atoms with Crippen LogP contribution in [0.25, 0.3) is 11.0 Å². The fourth-order valence-corrected chi connectivity index (χ4v) is 4.02. The van der Waals surface area contributed by atoms with Crippen molar-refractivity contribution in [3.63, 3.8) is 0 Å². The number of nitrogens with one attached hydrogen (secondary N) is 2. The van der Waals surface area contributed by atoms with Crippen LogP contribution in [-0.2, 0) is 16.1 Å². The number of anilines is 2. The lowest BCUT2D eigenvalue weighted by atomic mass is 10.2. The number of rotatable bonds is 11. The molecule has 1 aromatic carbocycles.